The second kappa shape index (κ2) is 5.32. The van der Waals surface area contributed by atoms with Crippen LogP contribution >= 0.6 is 11.3 Å². The van der Waals surface area contributed by atoms with Crippen molar-refractivity contribution < 1.29 is 4.74 Å². The van der Waals surface area contributed by atoms with Gasteiger partial charge in [-0.2, -0.15) is 0 Å². The van der Waals surface area contributed by atoms with Gasteiger partial charge in [0.2, 0.25) is 0 Å². The first-order chi connectivity index (χ1) is 8.24. The number of rotatable bonds is 4. The quantitative estimate of drug-likeness (QED) is 0.802. The Kier molecular flexibility index (Phi) is 3.79. The zero-order chi connectivity index (χ0) is 12.3. The van der Waals surface area contributed by atoms with Crippen molar-refractivity contribution in [3.05, 3.63) is 35.3 Å². The zero-order valence-corrected chi connectivity index (χ0v) is 11.3. The van der Waals surface area contributed by atoms with E-state index < -0.39 is 0 Å². The van der Waals surface area contributed by atoms with Gasteiger partial charge in [0, 0.05) is 10.9 Å². The van der Waals surface area contributed by atoms with Crippen LogP contribution in [0.15, 0.2) is 29.6 Å². The Bertz CT molecular complexity index is 475. The molecule has 1 unspecified atom stereocenters. The lowest BCUT2D eigenvalue weighted by molar-refractivity contribution is 0.415. The Hall–Kier alpha value is -1.35. The summed E-state index contributed by atoms with van der Waals surface area (Å²) in [5.41, 5.74) is 2.36. The second-order valence-corrected chi connectivity index (χ2v) is 4.97. The van der Waals surface area contributed by atoms with Crippen LogP contribution in [-0.4, -0.2) is 12.1 Å². The summed E-state index contributed by atoms with van der Waals surface area (Å²) in [6, 6.07) is 8.05. The molecule has 0 aliphatic heterocycles. The normalized spacial score (nSPS) is 12.4. The number of hydrogen-bond acceptors (Lipinski definition) is 3. The van der Waals surface area contributed by atoms with Crippen molar-refractivity contribution in [2.75, 3.05) is 7.11 Å². The van der Waals surface area contributed by atoms with Crippen molar-refractivity contribution >= 4 is 11.3 Å². The maximum absolute atomic E-state index is 5.15. The minimum atomic E-state index is 0.540. The van der Waals surface area contributed by atoms with E-state index in [-0.39, 0.29) is 0 Å². The molecular weight excluding hydrogens is 230 g/mol. The van der Waals surface area contributed by atoms with E-state index in [4.69, 9.17) is 4.74 Å². The topological polar surface area (TPSA) is 22.1 Å². The van der Waals surface area contributed by atoms with Crippen molar-refractivity contribution in [2.24, 2.45) is 0 Å². The first-order valence-corrected chi connectivity index (χ1v) is 6.72. The van der Waals surface area contributed by atoms with Crippen LogP contribution in [0.2, 0.25) is 0 Å². The van der Waals surface area contributed by atoms with Crippen LogP contribution in [0.4, 0.5) is 0 Å². The monoisotopic (exact) mass is 247 g/mol. The summed E-state index contributed by atoms with van der Waals surface area (Å²) in [5, 5.41) is 3.25. The molecule has 0 bridgehead atoms. The van der Waals surface area contributed by atoms with Crippen LogP contribution in [0.1, 0.15) is 31.9 Å². The molecule has 0 amide bonds. The van der Waals surface area contributed by atoms with E-state index in [1.165, 1.54) is 5.69 Å². The molecule has 2 nitrogen and oxygen atoms in total. The van der Waals surface area contributed by atoms with Gasteiger partial charge in [-0.3, -0.25) is 0 Å². The predicted molar refractivity (Wildman–Crippen MR) is 72.8 cm³/mol. The number of thiazole rings is 1. The fourth-order valence-electron chi connectivity index (χ4n) is 1.59. The van der Waals surface area contributed by atoms with Gasteiger partial charge in [0.1, 0.15) is 10.8 Å². The number of methoxy groups -OCH3 is 1. The minimum Gasteiger partial charge on any atom is -0.497 e. The average Bonchev–Trinajstić information content (AvgIpc) is 2.87. The molecule has 90 valence electrons. The molecule has 0 spiro atoms. The van der Waals surface area contributed by atoms with Gasteiger partial charge in [-0.05, 0) is 36.6 Å². The lowest BCUT2D eigenvalue weighted by Gasteiger charge is -2.03. The highest BCUT2D eigenvalue weighted by molar-refractivity contribution is 7.13. The van der Waals surface area contributed by atoms with E-state index >= 15 is 0 Å². The molecular formula is C14H17NOS. The lowest BCUT2D eigenvalue weighted by atomic mass is 10.1. The molecule has 1 heterocycles. The Labute approximate surface area is 106 Å². The smallest absolute Gasteiger partial charge is 0.123 e. The highest BCUT2D eigenvalue weighted by atomic mass is 32.1. The summed E-state index contributed by atoms with van der Waals surface area (Å²) in [5.74, 6) is 1.42. The van der Waals surface area contributed by atoms with Crippen LogP contribution in [0.3, 0.4) is 0 Å². The SMILES string of the molecule is CCC(C)c1csc(-c2ccc(OC)cc2)n1. The molecule has 1 aromatic carbocycles. The average molecular weight is 247 g/mol. The van der Waals surface area contributed by atoms with E-state index in [9.17, 15) is 0 Å². The number of hydrogen-bond donors (Lipinski definition) is 0. The third kappa shape index (κ3) is 2.67. The molecule has 1 atom stereocenters. The summed E-state index contributed by atoms with van der Waals surface area (Å²) in [4.78, 5) is 4.68. The van der Waals surface area contributed by atoms with Crippen LogP contribution in [0.5, 0.6) is 5.75 Å². The van der Waals surface area contributed by atoms with Crippen LogP contribution in [0.25, 0.3) is 10.6 Å². The maximum atomic E-state index is 5.15. The molecule has 2 rings (SSSR count). The molecule has 2 aromatic rings. The first-order valence-electron chi connectivity index (χ1n) is 5.84. The molecule has 1 aromatic heterocycles. The van der Waals surface area contributed by atoms with E-state index in [1.54, 1.807) is 18.4 Å². The van der Waals surface area contributed by atoms with Gasteiger partial charge < -0.3 is 4.74 Å². The summed E-state index contributed by atoms with van der Waals surface area (Å²) in [6.45, 7) is 4.41. The van der Waals surface area contributed by atoms with Crippen LogP contribution < -0.4 is 4.74 Å². The highest BCUT2D eigenvalue weighted by Gasteiger charge is 2.09. The standard InChI is InChI=1S/C14H17NOS/c1-4-10(2)13-9-17-14(15-13)11-5-7-12(16-3)8-6-11/h5-10H,4H2,1-3H3. The molecule has 0 aliphatic rings. The Morgan fingerprint density at radius 3 is 2.59 bits per heavy atom. The third-order valence-corrected chi connectivity index (χ3v) is 3.89. The van der Waals surface area contributed by atoms with Crippen molar-refractivity contribution in [3.63, 3.8) is 0 Å². The molecule has 0 radical (unpaired) electrons. The summed E-state index contributed by atoms with van der Waals surface area (Å²) in [6.07, 6.45) is 1.13. The van der Waals surface area contributed by atoms with Gasteiger partial charge in [0.05, 0.1) is 12.8 Å². The summed E-state index contributed by atoms with van der Waals surface area (Å²) in [7, 11) is 1.68. The van der Waals surface area contributed by atoms with E-state index in [2.05, 4.69) is 36.3 Å². The molecule has 0 saturated heterocycles. The van der Waals surface area contributed by atoms with E-state index in [1.807, 2.05) is 12.1 Å². The van der Waals surface area contributed by atoms with E-state index in [0.29, 0.717) is 5.92 Å². The van der Waals surface area contributed by atoms with Crippen molar-refractivity contribution in [1.29, 1.82) is 0 Å². The second-order valence-electron chi connectivity index (χ2n) is 4.12. The van der Waals surface area contributed by atoms with Gasteiger partial charge in [-0.25, -0.2) is 4.98 Å². The number of aromatic nitrogens is 1. The van der Waals surface area contributed by atoms with Gasteiger partial charge >= 0.3 is 0 Å². The molecule has 0 fully saturated rings. The Balaban J connectivity index is 2.24. The zero-order valence-electron chi connectivity index (χ0n) is 10.4. The third-order valence-electron chi connectivity index (χ3n) is 2.98. The van der Waals surface area contributed by atoms with Crippen LogP contribution in [0, 0.1) is 0 Å². The van der Waals surface area contributed by atoms with Gasteiger partial charge in [-0.15, -0.1) is 11.3 Å². The van der Waals surface area contributed by atoms with E-state index in [0.717, 1.165) is 22.7 Å². The summed E-state index contributed by atoms with van der Waals surface area (Å²) >= 11 is 1.71. The van der Waals surface area contributed by atoms with Gasteiger partial charge in [-0.1, -0.05) is 13.8 Å². The Morgan fingerprint density at radius 2 is 2.00 bits per heavy atom. The van der Waals surface area contributed by atoms with Crippen molar-refractivity contribution in [1.82, 2.24) is 4.98 Å². The summed E-state index contributed by atoms with van der Waals surface area (Å²) < 4.78 is 5.15. The molecule has 0 aliphatic carbocycles. The largest absolute Gasteiger partial charge is 0.497 e. The number of nitrogens with zero attached hydrogens (tertiary/aromatic N) is 1. The number of ether oxygens (including phenoxy) is 1. The fraction of sp³-hybridized carbons (Fsp3) is 0.357. The minimum absolute atomic E-state index is 0.540. The molecule has 0 saturated carbocycles. The molecule has 17 heavy (non-hydrogen) atoms. The van der Waals surface area contributed by atoms with Gasteiger partial charge in [0.25, 0.3) is 0 Å². The number of benzene rings is 1. The molecule has 3 heteroatoms. The lowest BCUT2D eigenvalue weighted by Crippen LogP contribution is -1.91. The molecule has 0 N–H and O–H groups in total. The van der Waals surface area contributed by atoms with Crippen molar-refractivity contribution in [3.8, 4) is 16.3 Å². The maximum Gasteiger partial charge on any atom is 0.123 e. The Morgan fingerprint density at radius 1 is 1.29 bits per heavy atom. The van der Waals surface area contributed by atoms with Crippen LogP contribution in [-0.2, 0) is 0 Å². The first kappa shape index (κ1) is 12.1. The predicted octanol–water partition coefficient (Wildman–Crippen LogP) is 4.33. The van der Waals surface area contributed by atoms with Gasteiger partial charge in [0.15, 0.2) is 0 Å². The van der Waals surface area contributed by atoms with Crippen molar-refractivity contribution in [2.45, 2.75) is 26.2 Å². The fourth-order valence-corrected chi connectivity index (χ4v) is 2.54. The highest BCUT2D eigenvalue weighted by Crippen LogP contribution is 2.29.